The van der Waals surface area contributed by atoms with Crippen LogP contribution in [0.1, 0.15) is 38.3 Å². The molecule has 0 fully saturated rings. The lowest BCUT2D eigenvalue weighted by atomic mass is 10.1. The summed E-state index contributed by atoms with van der Waals surface area (Å²) in [6.45, 7) is 4.83. The topological polar surface area (TPSA) is 127 Å². The van der Waals surface area contributed by atoms with Crippen molar-refractivity contribution in [1.82, 2.24) is 15.6 Å². The third-order valence-electron chi connectivity index (χ3n) is 4.41. The molecule has 1 heterocycles. The molecule has 0 saturated heterocycles. The van der Waals surface area contributed by atoms with Crippen LogP contribution in [0, 0.1) is 0 Å². The summed E-state index contributed by atoms with van der Waals surface area (Å²) in [5.74, 6) is -1.29. The lowest BCUT2D eigenvalue weighted by Crippen LogP contribution is -2.53. The molecule has 0 aliphatic rings. The van der Waals surface area contributed by atoms with Crippen LogP contribution in [0.3, 0.4) is 0 Å². The smallest absolute Gasteiger partial charge is 0.408 e. The van der Waals surface area contributed by atoms with Gasteiger partial charge < -0.3 is 25.2 Å². The van der Waals surface area contributed by atoms with Gasteiger partial charge in [-0.25, -0.2) is 9.59 Å². The first-order valence-electron chi connectivity index (χ1n) is 10.7. The zero-order valence-electron chi connectivity index (χ0n) is 19.1. The molecule has 3 N–H and O–H groups in total. The van der Waals surface area contributed by atoms with Crippen LogP contribution in [0.5, 0.6) is 0 Å². The van der Waals surface area contributed by atoms with Gasteiger partial charge in [-0.1, -0.05) is 36.4 Å². The second-order valence-electron chi connectivity index (χ2n) is 8.43. The minimum Gasteiger partial charge on any atom is -0.459 e. The van der Waals surface area contributed by atoms with Gasteiger partial charge in [-0.2, -0.15) is 0 Å². The summed E-state index contributed by atoms with van der Waals surface area (Å²) < 4.78 is 10.6. The molecule has 2 aromatic rings. The molecule has 0 spiro atoms. The minimum atomic E-state index is -1.08. The van der Waals surface area contributed by atoms with Crippen LogP contribution in [0.4, 0.5) is 4.79 Å². The number of nitrogens with one attached hydrogen (secondary N) is 2. The molecule has 2 rings (SSSR count). The molecule has 0 bridgehead atoms. The Bertz CT molecular complexity index is 899. The number of aliphatic hydroxyl groups is 1. The fourth-order valence-electron chi connectivity index (χ4n) is 2.89. The predicted molar refractivity (Wildman–Crippen MR) is 121 cm³/mol. The third-order valence-corrected chi connectivity index (χ3v) is 4.41. The van der Waals surface area contributed by atoms with Crippen molar-refractivity contribution in [2.75, 3.05) is 6.61 Å². The van der Waals surface area contributed by atoms with Crippen molar-refractivity contribution < 1.29 is 29.0 Å². The van der Waals surface area contributed by atoms with Crippen molar-refractivity contribution in [2.24, 2.45) is 0 Å². The van der Waals surface area contributed by atoms with Crippen molar-refractivity contribution in [2.45, 2.75) is 57.9 Å². The van der Waals surface area contributed by atoms with Crippen molar-refractivity contribution in [3.8, 4) is 0 Å². The highest BCUT2D eigenvalue weighted by Crippen LogP contribution is 2.09. The fraction of sp³-hybridized carbons (Fsp3) is 0.417. The Labute approximate surface area is 193 Å². The molecule has 2 amide bonds. The van der Waals surface area contributed by atoms with Gasteiger partial charge in [-0.15, -0.1) is 0 Å². The van der Waals surface area contributed by atoms with Crippen LogP contribution < -0.4 is 10.6 Å². The highest BCUT2D eigenvalue weighted by Gasteiger charge is 2.29. The number of amides is 2. The van der Waals surface area contributed by atoms with Crippen LogP contribution in [-0.4, -0.2) is 52.4 Å². The van der Waals surface area contributed by atoms with E-state index < -0.39 is 35.7 Å². The quantitative estimate of drug-likeness (QED) is 0.467. The predicted octanol–water partition coefficient (Wildman–Crippen LogP) is 2.13. The first kappa shape index (κ1) is 25.8. The van der Waals surface area contributed by atoms with Gasteiger partial charge in [-0.05, 0) is 38.0 Å². The van der Waals surface area contributed by atoms with E-state index in [-0.39, 0.29) is 26.1 Å². The highest BCUT2D eigenvalue weighted by molar-refractivity contribution is 5.90. The molecule has 33 heavy (non-hydrogen) atoms. The number of ether oxygens (including phenoxy) is 2. The number of hydrogen-bond donors (Lipinski definition) is 3. The fourth-order valence-corrected chi connectivity index (χ4v) is 2.89. The summed E-state index contributed by atoms with van der Waals surface area (Å²) in [5.41, 5.74) is 0.750. The molecular weight excluding hydrogens is 426 g/mol. The highest BCUT2D eigenvalue weighted by atomic mass is 16.6. The van der Waals surface area contributed by atoms with Gasteiger partial charge in [0.2, 0.25) is 5.91 Å². The first-order chi connectivity index (χ1) is 15.7. The van der Waals surface area contributed by atoms with Gasteiger partial charge in [0.15, 0.2) is 0 Å². The summed E-state index contributed by atoms with van der Waals surface area (Å²) >= 11 is 0. The number of carbonyl (C=O) groups excluding carboxylic acids is 3. The van der Waals surface area contributed by atoms with E-state index in [0.717, 1.165) is 5.56 Å². The number of carbonyl (C=O) groups is 3. The number of rotatable bonds is 10. The Morgan fingerprint density at radius 1 is 1.00 bits per heavy atom. The molecule has 1 aromatic heterocycles. The maximum absolute atomic E-state index is 13.0. The van der Waals surface area contributed by atoms with Crippen molar-refractivity contribution in [1.29, 1.82) is 0 Å². The molecule has 0 aliphatic carbocycles. The van der Waals surface area contributed by atoms with Crippen LogP contribution >= 0.6 is 0 Å². The first-order valence-corrected chi connectivity index (χ1v) is 10.7. The molecule has 2 atom stereocenters. The maximum atomic E-state index is 13.0. The van der Waals surface area contributed by atoms with Crippen molar-refractivity contribution in [3.05, 3.63) is 66.0 Å². The average Bonchev–Trinajstić information content (AvgIpc) is 2.77. The van der Waals surface area contributed by atoms with E-state index in [2.05, 4.69) is 15.6 Å². The zero-order chi connectivity index (χ0) is 24.3. The van der Waals surface area contributed by atoms with Gasteiger partial charge >= 0.3 is 12.1 Å². The van der Waals surface area contributed by atoms with Crippen molar-refractivity contribution in [3.63, 3.8) is 0 Å². The molecular formula is C24H31N3O6. The molecule has 178 valence electrons. The number of alkyl carbamates (subject to hydrolysis) is 1. The Kier molecular flexibility index (Phi) is 9.81. The molecule has 0 unspecified atom stereocenters. The normalized spacial score (nSPS) is 12.8. The van der Waals surface area contributed by atoms with Crippen LogP contribution in [-0.2, 0) is 32.1 Å². The zero-order valence-corrected chi connectivity index (χ0v) is 19.1. The lowest BCUT2D eigenvalue weighted by molar-refractivity contribution is -0.149. The molecule has 9 heteroatoms. The summed E-state index contributed by atoms with van der Waals surface area (Å²) in [7, 11) is 0. The lowest BCUT2D eigenvalue weighted by Gasteiger charge is -2.25. The number of nitrogens with zero attached hydrogens (tertiary/aromatic N) is 1. The Morgan fingerprint density at radius 3 is 2.30 bits per heavy atom. The van der Waals surface area contributed by atoms with Crippen LogP contribution in [0.15, 0.2) is 54.9 Å². The van der Waals surface area contributed by atoms with Gasteiger partial charge in [0.25, 0.3) is 0 Å². The molecule has 0 saturated carbocycles. The van der Waals surface area contributed by atoms with Crippen LogP contribution in [0.25, 0.3) is 0 Å². The number of esters is 1. The van der Waals surface area contributed by atoms with E-state index in [9.17, 15) is 19.5 Å². The molecule has 0 radical (unpaired) electrons. The van der Waals surface area contributed by atoms with E-state index >= 15 is 0 Å². The average molecular weight is 458 g/mol. The number of hydrogen-bond acceptors (Lipinski definition) is 7. The molecule has 0 aliphatic heterocycles. The maximum Gasteiger partial charge on any atom is 0.408 e. The minimum absolute atomic E-state index is 0.0345. The summed E-state index contributed by atoms with van der Waals surface area (Å²) in [6.07, 6.45) is 2.50. The van der Waals surface area contributed by atoms with Crippen molar-refractivity contribution >= 4 is 18.0 Å². The summed E-state index contributed by atoms with van der Waals surface area (Å²) in [5, 5.41) is 14.5. The number of aliphatic hydroxyl groups excluding tert-OH is 1. The molecule has 9 nitrogen and oxygen atoms in total. The second kappa shape index (κ2) is 12.5. The largest absolute Gasteiger partial charge is 0.459 e. The van der Waals surface area contributed by atoms with Gasteiger partial charge in [-0.3, -0.25) is 9.78 Å². The van der Waals surface area contributed by atoms with E-state index in [1.54, 1.807) is 45.3 Å². The van der Waals surface area contributed by atoms with Gasteiger partial charge in [0.1, 0.15) is 24.3 Å². The van der Waals surface area contributed by atoms with E-state index in [1.807, 2.05) is 30.3 Å². The number of pyridine rings is 1. The van der Waals surface area contributed by atoms with Crippen LogP contribution in [0.2, 0.25) is 0 Å². The Balaban J connectivity index is 2.08. The van der Waals surface area contributed by atoms with E-state index in [4.69, 9.17) is 9.47 Å². The standard InChI is InChI=1S/C24H31N3O6/c1-24(2,3)33-23(31)27-20(14-18-10-7-12-25-15-18)21(29)26-19(11-13-28)22(30)32-16-17-8-5-4-6-9-17/h4-10,12,15,19-20,28H,11,13-14,16H2,1-3H3,(H,26,29)(H,27,31)/t19-,20-/m0/s1. The SMILES string of the molecule is CC(C)(C)OC(=O)N[C@@H](Cc1cccnc1)C(=O)N[C@@H](CCO)C(=O)OCc1ccccc1. The second-order valence-corrected chi connectivity index (χ2v) is 8.43. The third kappa shape index (κ3) is 9.69. The Hall–Kier alpha value is -3.46. The molecule has 1 aromatic carbocycles. The van der Waals surface area contributed by atoms with E-state index in [0.29, 0.717) is 5.56 Å². The summed E-state index contributed by atoms with van der Waals surface area (Å²) in [4.78, 5) is 41.9. The Morgan fingerprint density at radius 2 is 1.70 bits per heavy atom. The van der Waals surface area contributed by atoms with E-state index in [1.165, 1.54) is 0 Å². The summed E-state index contributed by atoms with van der Waals surface area (Å²) in [6, 6.07) is 10.5. The number of aromatic nitrogens is 1. The van der Waals surface area contributed by atoms with Gasteiger partial charge in [0.05, 0.1) is 0 Å². The van der Waals surface area contributed by atoms with Gasteiger partial charge in [0, 0.05) is 31.8 Å². The monoisotopic (exact) mass is 457 g/mol. The number of benzene rings is 1.